The first-order valence-corrected chi connectivity index (χ1v) is 9.01. The van der Waals surface area contributed by atoms with Crippen molar-refractivity contribution in [2.45, 2.75) is 38.1 Å². The van der Waals surface area contributed by atoms with Crippen LogP contribution >= 0.6 is 0 Å². The predicted molar refractivity (Wildman–Crippen MR) is 103 cm³/mol. The molecule has 0 aliphatic heterocycles. The summed E-state index contributed by atoms with van der Waals surface area (Å²) in [4.78, 5) is 25.7. The van der Waals surface area contributed by atoms with Gasteiger partial charge in [-0.2, -0.15) is 0 Å². The van der Waals surface area contributed by atoms with Crippen LogP contribution in [0.15, 0.2) is 41.7 Å². The van der Waals surface area contributed by atoms with Gasteiger partial charge in [-0.15, -0.1) is 0 Å². The van der Waals surface area contributed by atoms with Crippen LogP contribution in [0.3, 0.4) is 0 Å². The maximum atomic E-state index is 12.7. The van der Waals surface area contributed by atoms with Crippen LogP contribution in [0.2, 0.25) is 0 Å². The van der Waals surface area contributed by atoms with Crippen molar-refractivity contribution in [2.75, 3.05) is 10.6 Å². The molecule has 1 fully saturated rings. The van der Waals surface area contributed by atoms with E-state index >= 15 is 0 Å². The number of anilines is 3. The number of fused-ring (bicyclic) bond motifs is 1. The van der Waals surface area contributed by atoms with Gasteiger partial charge in [0.1, 0.15) is 17.5 Å². The second-order valence-corrected chi connectivity index (χ2v) is 6.75. The van der Waals surface area contributed by atoms with E-state index in [2.05, 4.69) is 25.6 Å². The minimum absolute atomic E-state index is 0.0423. The number of nitrogens with one attached hydrogen (secondary N) is 2. The molecule has 2 N–H and O–H groups in total. The van der Waals surface area contributed by atoms with Crippen molar-refractivity contribution in [1.82, 2.24) is 19.5 Å². The smallest absolute Gasteiger partial charge is 0.261 e. The maximum absolute atomic E-state index is 12.7. The molecule has 1 saturated carbocycles. The van der Waals surface area contributed by atoms with E-state index in [-0.39, 0.29) is 5.56 Å². The first kappa shape index (κ1) is 16.5. The highest BCUT2D eigenvalue weighted by Crippen LogP contribution is 2.27. The van der Waals surface area contributed by atoms with Crippen LogP contribution in [0.1, 0.15) is 32.1 Å². The zero-order valence-electron chi connectivity index (χ0n) is 14.8. The highest BCUT2D eigenvalue weighted by atomic mass is 16.1. The van der Waals surface area contributed by atoms with Crippen molar-refractivity contribution in [1.29, 1.82) is 0 Å². The van der Waals surface area contributed by atoms with E-state index in [0.717, 1.165) is 18.2 Å². The third kappa shape index (κ3) is 3.37. The number of hydrogen-bond donors (Lipinski definition) is 2. The summed E-state index contributed by atoms with van der Waals surface area (Å²) < 4.78 is 1.59. The lowest BCUT2D eigenvalue weighted by Crippen LogP contribution is -2.25. The summed E-state index contributed by atoms with van der Waals surface area (Å²) >= 11 is 0. The standard InChI is InChI=1S/C19H22N6O/c1-25-10-7-13-11-15(23-16-12-20-8-9-21-16)24-18(17(13)19(25)26)22-14-5-3-2-4-6-14/h7-12,14H,2-6H2,1H3,(H2,21,22,23,24). The van der Waals surface area contributed by atoms with Gasteiger partial charge in [-0.1, -0.05) is 19.3 Å². The fraction of sp³-hybridized carbons (Fsp3) is 0.368. The van der Waals surface area contributed by atoms with Crippen molar-refractivity contribution in [3.05, 3.63) is 47.3 Å². The van der Waals surface area contributed by atoms with Crippen molar-refractivity contribution < 1.29 is 0 Å². The Labute approximate surface area is 151 Å². The summed E-state index contributed by atoms with van der Waals surface area (Å²) in [6, 6.07) is 4.17. The molecule has 26 heavy (non-hydrogen) atoms. The third-order valence-electron chi connectivity index (χ3n) is 4.83. The van der Waals surface area contributed by atoms with Gasteiger partial charge >= 0.3 is 0 Å². The number of pyridine rings is 2. The first-order chi connectivity index (χ1) is 12.7. The molecule has 0 bridgehead atoms. The van der Waals surface area contributed by atoms with Crippen LogP contribution in [-0.4, -0.2) is 25.6 Å². The summed E-state index contributed by atoms with van der Waals surface area (Å²) in [6.07, 6.45) is 12.6. The molecule has 0 saturated heterocycles. The van der Waals surface area contributed by atoms with Gasteiger partial charge < -0.3 is 15.2 Å². The first-order valence-electron chi connectivity index (χ1n) is 9.01. The Bertz CT molecular complexity index is 963. The zero-order valence-corrected chi connectivity index (χ0v) is 14.8. The lowest BCUT2D eigenvalue weighted by Gasteiger charge is -2.24. The molecule has 4 rings (SSSR count). The Morgan fingerprint density at radius 1 is 1.15 bits per heavy atom. The van der Waals surface area contributed by atoms with Gasteiger partial charge in [0, 0.05) is 31.7 Å². The van der Waals surface area contributed by atoms with E-state index in [1.54, 1.807) is 36.4 Å². The summed E-state index contributed by atoms with van der Waals surface area (Å²) in [6.45, 7) is 0. The molecule has 0 unspecified atom stereocenters. The van der Waals surface area contributed by atoms with Crippen molar-refractivity contribution >= 4 is 28.2 Å². The Morgan fingerprint density at radius 2 is 2.00 bits per heavy atom. The predicted octanol–water partition coefficient (Wildman–Crippen LogP) is 3.21. The highest BCUT2D eigenvalue weighted by Gasteiger charge is 2.17. The fourth-order valence-corrected chi connectivity index (χ4v) is 3.46. The Hall–Kier alpha value is -2.96. The third-order valence-corrected chi connectivity index (χ3v) is 4.83. The van der Waals surface area contributed by atoms with Gasteiger partial charge in [0.2, 0.25) is 0 Å². The number of aryl methyl sites for hydroxylation is 1. The molecule has 7 nitrogen and oxygen atoms in total. The van der Waals surface area contributed by atoms with Gasteiger partial charge in [-0.25, -0.2) is 9.97 Å². The van der Waals surface area contributed by atoms with Crippen LogP contribution in [-0.2, 0) is 7.05 Å². The van der Waals surface area contributed by atoms with Crippen LogP contribution < -0.4 is 16.2 Å². The summed E-state index contributed by atoms with van der Waals surface area (Å²) in [5.41, 5.74) is -0.0423. The van der Waals surface area contributed by atoms with E-state index < -0.39 is 0 Å². The summed E-state index contributed by atoms with van der Waals surface area (Å²) in [5, 5.41) is 8.18. The van der Waals surface area contributed by atoms with Gasteiger partial charge in [-0.05, 0) is 30.4 Å². The van der Waals surface area contributed by atoms with Crippen molar-refractivity contribution in [3.8, 4) is 0 Å². The molecule has 3 heterocycles. The average molecular weight is 350 g/mol. The minimum Gasteiger partial charge on any atom is -0.367 e. The average Bonchev–Trinajstić information content (AvgIpc) is 2.66. The van der Waals surface area contributed by atoms with Gasteiger partial charge in [0.15, 0.2) is 0 Å². The summed E-state index contributed by atoms with van der Waals surface area (Å²) in [5.74, 6) is 1.90. The highest BCUT2D eigenvalue weighted by molar-refractivity contribution is 5.93. The SMILES string of the molecule is Cn1ccc2cc(Nc3cnccn3)nc(NC3CCCCC3)c2c1=O. The Morgan fingerprint density at radius 3 is 2.77 bits per heavy atom. The molecule has 3 aromatic heterocycles. The molecule has 0 radical (unpaired) electrons. The van der Waals surface area contributed by atoms with E-state index in [1.807, 2.05) is 12.1 Å². The molecule has 3 aromatic rings. The number of hydrogen-bond acceptors (Lipinski definition) is 6. The van der Waals surface area contributed by atoms with Crippen LogP contribution in [0.4, 0.5) is 17.5 Å². The Balaban J connectivity index is 1.77. The molecule has 1 aliphatic rings. The van der Waals surface area contributed by atoms with E-state index in [9.17, 15) is 4.79 Å². The fourth-order valence-electron chi connectivity index (χ4n) is 3.46. The second kappa shape index (κ2) is 7.11. The number of nitrogens with zero attached hydrogens (tertiary/aromatic N) is 4. The second-order valence-electron chi connectivity index (χ2n) is 6.75. The lowest BCUT2D eigenvalue weighted by molar-refractivity contribution is 0.462. The van der Waals surface area contributed by atoms with Crippen molar-refractivity contribution in [2.24, 2.45) is 7.05 Å². The Kier molecular flexibility index (Phi) is 4.51. The van der Waals surface area contributed by atoms with Gasteiger partial charge in [0.05, 0.1) is 11.6 Å². The van der Waals surface area contributed by atoms with Crippen LogP contribution in [0.5, 0.6) is 0 Å². The molecule has 0 amide bonds. The molecule has 134 valence electrons. The molecule has 0 atom stereocenters. The summed E-state index contributed by atoms with van der Waals surface area (Å²) in [7, 11) is 1.76. The maximum Gasteiger partial charge on any atom is 0.261 e. The van der Waals surface area contributed by atoms with Crippen LogP contribution in [0.25, 0.3) is 10.8 Å². The molecule has 7 heteroatoms. The van der Waals surface area contributed by atoms with Crippen molar-refractivity contribution in [3.63, 3.8) is 0 Å². The van der Waals surface area contributed by atoms with Gasteiger partial charge in [-0.3, -0.25) is 9.78 Å². The number of aromatic nitrogens is 4. The van der Waals surface area contributed by atoms with E-state index in [4.69, 9.17) is 0 Å². The van der Waals surface area contributed by atoms with E-state index in [0.29, 0.717) is 28.9 Å². The largest absolute Gasteiger partial charge is 0.367 e. The molecule has 0 aromatic carbocycles. The minimum atomic E-state index is -0.0423. The van der Waals surface area contributed by atoms with Gasteiger partial charge in [0.25, 0.3) is 5.56 Å². The lowest BCUT2D eigenvalue weighted by atomic mass is 9.95. The topological polar surface area (TPSA) is 84.7 Å². The zero-order chi connectivity index (χ0) is 17.9. The van der Waals surface area contributed by atoms with Crippen LogP contribution in [0, 0.1) is 0 Å². The number of rotatable bonds is 4. The normalized spacial score (nSPS) is 15.1. The molecular formula is C19H22N6O. The molecule has 1 aliphatic carbocycles. The molecular weight excluding hydrogens is 328 g/mol. The monoisotopic (exact) mass is 350 g/mol. The van der Waals surface area contributed by atoms with E-state index in [1.165, 1.54) is 19.3 Å². The molecule has 0 spiro atoms. The quantitative estimate of drug-likeness (QED) is 0.751.